The predicted octanol–water partition coefficient (Wildman–Crippen LogP) is 1.81. The number of hydrogen-bond acceptors (Lipinski definition) is 7. The van der Waals surface area contributed by atoms with Crippen LogP contribution >= 0.6 is 11.9 Å². The number of guanidine groups is 1. The SMILES string of the molecule is CSN1CCN(C2CC(C(=O)Nc3ccc(C(=O)O)cc3)N(C(=O)c3ccc(NC(=N)N)cc3)C2)CC1. The van der Waals surface area contributed by atoms with E-state index in [9.17, 15) is 14.4 Å². The number of carbonyl (C=O) groups excluding carboxylic acids is 2. The van der Waals surface area contributed by atoms with Gasteiger partial charge >= 0.3 is 5.97 Å². The summed E-state index contributed by atoms with van der Waals surface area (Å²) < 4.78 is 2.30. The van der Waals surface area contributed by atoms with Crippen LogP contribution in [0.15, 0.2) is 48.5 Å². The summed E-state index contributed by atoms with van der Waals surface area (Å²) in [5.41, 5.74) is 7.00. The molecule has 2 amide bonds. The van der Waals surface area contributed by atoms with Crippen LogP contribution in [0.5, 0.6) is 0 Å². The molecule has 2 aliphatic heterocycles. The van der Waals surface area contributed by atoms with Crippen LogP contribution in [0.25, 0.3) is 0 Å². The Labute approximate surface area is 219 Å². The van der Waals surface area contributed by atoms with Crippen molar-refractivity contribution in [3.63, 3.8) is 0 Å². The largest absolute Gasteiger partial charge is 0.478 e. The summed E-state index contributed by atoms with van der Waals surface area (Å²) in [6.07, 6.45) is 2.57. The minimum absolute atomic E-state index is 0.0525. The lowest BCUT2D eigenvalue weighted by molar-refractivity contribution is -0.119. The third-order valence-electron chi connectivity index (χ3n) is 6.70. The molecule has 2 heterocycles. The Morgan fingerprint density at radius 3 is 2.05 bits per heavy atom. The molecule has 2 fully saturated rings. The molecule has 0 aromatic heterocycles. The molecule has 2 aliphatic rings. The highest BCUT2D eigenvalue weighted by atomic mass is 32.2. The standard InChI is InChI=1S/C25H31N7O4S/c1-37-31-12-10-30(11-13-31)20-14-21(22(33)28-18-8-4-17(5-9-18)24(35)36)32(15-20)23(34)16-2-6-19(7-3-16)29-25(26)27/h2-9,20-21H,10-15H2,1H3,(H,28,33)(H,35,36)(H4,26,27,29). The highest BCUT2D eigenvalue weighted by Crippen LogP contribution is 2.27. The van der Waals surface area contributed by atoms with Crippen LogP contribution in [-0.4, -0.2) is 94.0 Å². The minimum atomic E-state index is -1.04. The lowest BCUT2D eigenvalue weighted by atomic mass is 10.1. The third kappa shape index (κ3) is 6.40. The molecule has 196 valence electrons. The number of likely N-dealkylation sites (tertiary alicyclic amines) is 1. The van der Waals surface area contributed by atoms with E-state index in [1.165, 1.54) is 12.1 Å². The van der Waals surface area contributed by atoms with Crippen LogP contribution in [0, 0.1) is 5.41 Å². The molecular formula is C25H31N7O4S. The fourth-order valence-electron chi connectivity index (χ4n) is 4.74. The molecule has 2 unspecified atom stereocenters. The number of aromatic carboxylic acids is 1. The van der Waals surface area contributed by atoms with Crippen LogP contribution in [0.2, 0.25) is 0 Å². The summed E-state index contributed by atoms with van der Waals surface area (Å²) in [6, 6.07) is 12.0. The summed E-state index contributed by atoms with van der Waals surface area (Å²) >= 11 is 1.72. The molecule has 2 aromatic carbocycles. The first-order chi connectivity index (χ1) is 17.7. The van der Waals surface area contributed by atoms with E-state index in [2.05, 4.69) is 26.1 Å². The first-order valence-electron chi connectivity index (χ1n) is 11.9. The molecular weight excluding hydrogens is 494 g/mol. The maximum atomic E-state index is 13.6. The van der Waals surface area contributed by atoms with Crippen LogP contribution in [-0.2, 0) is 4.79 Å². The van der Waals surface area contributed by atoms with E-state index in [1.807, 2.05) is 0 Å². The number of hydrogen-bond donors (Lipinski definition) is 5. The van der Waals surface area contributed by atoms with E-state index in [4.69, 9.17) is 16.2 Å². The molecule has 4 rings (SSSR count). The number of amides is 2. The molecule has 0 bridgehead atoms. The van der Waals surface area contributed by atoms with E-state index in [1.54, 1.807) is 53.2 Å². The van der Waals surface area contributed by atoms with E-state index in [-0.39, 0.29) is 29.4 Å². The van der Waals surface area contributed by atoms with Crippen LogP contribution < -0.4 is 16.4 Å². The summed E-state index contributed by atoms with van der Waals surface area (Å²) in [6.45, 7) is 4.00. The van der Waals surface area contributed by atoms with Crippen LogP contribution in [0.1, 0.15) is 27.1 Å². The molecule has 0 aliphatic carbocycles. The lowest BCUT2D eigenvalue weighted by Crippen LogP contribution is -2.49. The molecule has 0 spiro atoms. The second kappa shape index (κ2) is 11.6. The van der Waals surface area contributed by atoms with Gasteiger partial charge in [0, 0.05) is 55.7 Å². The second-order valence-electron chi connectivity index (χ2n) is 9.00. The van der Waals surface area contributed by atoms with Crippen molar-refractivity contribution in [1.82, 2.24) is 14.1 Å². The van der Waals surface area contributed by atoms with Crippen molar-refractivity contribution in [2.75, 3.05) is 49.6 Å². The summed E-state index contributed by atoms with van der Waals surface area (Å²) in [5, 5.41) is 22.0. The van der Waals surface area contributed by atoms with Gasteiger partial charge in [0.1, 0.15) is 6.04 Å². The number of rotatable bonds is 7. The fourth-order valence-corrected chi connectivity index (χ4v) is 5.27. The number of benzene rings is 2. The van der Waals surface area contributed by atoms with Gasteiger partial charge in [0.15, 0.2) is 5.96 Å². The van der Waals surface area contributed by atoms with E-state index in [0.717, 1.165) is 26.2 Å². The highest BCUT2D eigenvalue weighted by Gasteiger charge is 2.42. The Morgan fingerprint density at radius 1 is 0.946 bits per heavy atom. The number of piperazine rings is 1. The molecule has 0 radical (unpaired) electrons. The topological polar surface area (TPSA) is 155 Å². The van der Waals surface area contributed by atoms with Gasteiger partial charge in [-0.15, -0.1) is 0 Å². The summed E-state index contributed by atoms with van der Waals surface area (Å²) in [4.78, 5) is 42.0. The van der Waals surface area contributed by atoms with Crippen molar-refractivity contribution in [2.24, 2.45) is 5.73 Å². The third-order valence-corrected chi connectivity index (χ3v) is 7.58. The van der Waals surface area contributed by atoms with Gasteiger partial charge in [-0.1, -0.05) is 11.9 Å². The van der Waals surface area contributed by atoms with Gasteiger partial charge < -0.3 is 26.4 Å². The van der Waals surface area contributed by atoms with E-state index < -0.39 is 12.0 Å². The Kier molecular flexibility index (Phi) is 8.31. The smallest absolute Gasteiger partial charge is 0.335 e. The van der Waals surface area contributed by atoms with Gasteiger partial charge in [0.05, 0.1) is 5.56 Å². The summed E-state index contributed by atoms with van der Waals surface area (Å²) in [5.74, 6) is -1.80. The zero-order valence-corrected chi connectivity index (χ0v) is 21.3. The molecule has 0 saturated carbocycles. The molecule has 37 heavy (non-hydrogen) atoms. The predicted molar refractivity (Wildman–Crippen MR) is 144 cm³/mol. The average molecular weight is 526 g/mol. The van der Waals surface area contributed by atoms with Crippen molar-refractivity contribution in [2.45, 2.75) is 18.5 Å². The lowest BCUT2D eigenvalue weighted by Gasteiger charge is -2.36. The number of carboxylic acid groups (broad SMARTS) is 1. The first kappa shape index (κ1) is 26.5. The van der Waals surface area contributed by atoms with Gasteiger partial charge in [-0.3, -0.25) is 19.9 Å². The summed E-state index contributed by atoms with van der Waals surface area (Å²) in [7, 11) is 0. The molecule has 11 nitrogen and oxygen atoms in total. The molecule has 2 aromatic rings. The Bertz CT molecular complexity index is 1150. The van der Waals surface area contributed by atoms with Crippen molar-refractivity contribution in [3.8, 4) is 0 Å². The zero-order valence-electron chi connectivity index (χ0n) is 20.5. The molecule has 6 N–H and O–H groups in total. The Morgan fingerprint density at radius 2 is 1.51 bits per heavy atom. The zero-order chi connectivity index (χ0) is 26.5. The maximum absolute atomic E-state index is 13.6. The number of nitrogens with one attached hydrogen (secondary N) is 3. The van der Waals surface area contributed by atoms with Gasteiger partial charge in [-0.2, -0.15) is 0 Å². The minimum Gasteiger partial charge on any atom is -0.478 e. The average Bonchev–Trinajstić information content (AvgIpc) is 3.34. The Hall–Kier alpha value is -3.61. The highest BCUT2D eigenvalue weighted by molar-refractivity contribution is 7.96. The first-order valence-corrected chi connectivity index (χ1v) is 13.1. The van der Waals surface area contributed by atoms with Gasteiger partial charge in [0.25, 0.3) is 5.91 Å². The monoisotopic (exact) mass is 525 g/mol. The Balaban J connectivity index is 1.52. The normalized spacial score (nSPS) is 20.4. The van der Waals surface area contributed by atoms with E-state index in [0.29, 0.717) is 29.9 Å². The number of anilines is 2. The number of carboxylic acids is 1. The maximum Gasteiger partial charge on any atom is 0.335 e. The van der Waals surface area contributed by atoms with Gasteiger partial charge in [-0.25, -0.2) is 9.10 Å². The quantitative estimate of drug-likeness (QED) is 0.207. The van der Waals surface area contributed by atoms with Crippen molar-refractivity contribution >= 4 is 47.1 Å². The van der Waals surface area contributed by atoms with Crippen molar-refractivity contribution < 1.29 is 19.5 Å². The van der Waals surface area contributed by atoms with Crippen molar-refractivity contribution in [3.05, 3.63) is 59.7 Å². The van der Waals surface area contributed by atoms with Gasteiger partial charge in [0.2, 0.25) is 5.91 Å². The van der Waals surface area contributed by atoms with E-state index >= 15 is 0 Å². The van der Waals surface area contributed by atoms with Crippen molar-refractivity contribution in [1.29, 1.82) is 5.41 Å². The number of carbonyl (C=O) groups is 3. The fraction of sp³-hybridized carbons (Fsp3) is 0.360. The second-order valence-corrected chi connectivity index (χ2v) is 9.88. The van der Waals surface area contributed by atoms with Crippen LogP contribution in [0.4, 0.5) is 11.4 Å². The molecule has 2 saturated heterocycles. The molecule has 12 heteroatoms. The van der Waals surface area contributed by atoms with Crippen LogP contribution in [0.3, 0.4) is 0 Å². The molecule has 2 atom stereocenters. The number of nitrogens with two attached hydrogens (primary N) is 1. The number of nitrogens with zero attached hydrogens (tertiary/aromatic N) is 3. The van der Waals surface area contributed by atoms with Gasteiger partial charge in [-0.05, 0) is 61.2 Å².